The van der Waals surface area contributed by atoms with Crippen LogP contribution in [-0.2, 0) is 9.59 Å². The van der Waals surface area contributed by atoms with E-state index in [1.54, 1.807) is 6.92 Å². The molecule has 5 nitrogen and oxygen atoms in total. The fraction of sp³-hybridized carbons (Fsp3) is 0.438. The molecule has 1 aliphatic heterocycles. The van der Waals surface area contributed by atoms with Gasteiger partial charge >= 0.3 is 0 Å². The number of fused-ring (bicyclic) bond motifs is 1. The number of carbonyl (C=O) groups is 3. The second kappa shape index (κ2) is 5.68. The molecule has 2 amide bonds. The third kappa shape index (κ3) is 2.82. The number of nitrogens with one attached hydrogen (secondary N) is 1. The molecule has 0 saturated carbocycles. The van der Waals surface area contributed by atoms with Crippen LogP contribution < -0.4 is 10.2 Å². The van der Waals surface area contributed by atoms with Crippen LogP contribution in [0.25, 0.3) is 0 Å². The summed E-state index contributed by atoms with van der Waals surface area (Å²) < 4.78 is 0. The van der Waals surface area contributed by atoms with E-state index in [-0.39, 0.29) is 12.5 Å². The molecule has 0 aliphatic carbocycles. The number of nitrogens with zero attached hydrogens (tertiary/aromatic N) is 1. The predicted molar refractivity (Wildman–Crippen MR) is 80.4 cm³/mol. The van der Waals surface area contributed by atoms with E-state index in [1.807, 2.05) is 32.9 Å². The van der Waals surface area contributed by atoms with Crippen molar-refractivity contribution in [2.24, 2.45) is 5.92 Å². The Morgan fingerprint density at radius 3 is 2.43 bits per heavy atom. The van der Waals surface area contributed by atoms with E-state index < -0.39 is 11.7 Å². The fourth-order valence-electron chi connectivity index (χ4n) is 2.43. The number of rotatable bonds is 4. The molecule has 0 fully saturated rings. The van der Waals surface area contributed by atoms with Gasteiger partial charge < -0.3 is 5.32 Å². The van der Waals surface area contributed by atoms with E-state index >= 15 is 0 Å². The standard InChI is InChI=1S/C16H20N2O3/c1-9(2)7-17-12(19)8-18-14-11(4)6-5-10(3)13(14)15(20)16(18)21/h5-6,9H,7-8H2,1-4H3,(H,17,19). The van der Waals surface area contributed by atoms with Crippen molar-refractivity contribution in [2.75, 3.05) is 18.0 Å². The fourth-order valence-corrected chi connectivity index (χ4v) is 2.43. The van der Waals surface area contributed by atoms with Crippen LogP contribution in [0, 0.1) is 19.8 Å². The van der Waals surface area contributed by atoms with Gasteiger partial charge in [0.15, 0.2) is 0 Å². The quantitative estimate of drug-likeness (QED) is 0.856. The normalized spacial score (nSPS) is 13.9. The third-order valence-electron chi connectivity index (χ3n) is 3.53. The molecule has 112 valence electrons. The molecule has 0 atom stereocenters. The molecular formula is C16H20N2O3. The van der Waals surface area contributed by atoms with Crippen molar-refractivity contribution in [3.8, 4) is 0 Å². The molecule has 0 radical (unpaired) electrons. The van der Waals surface area contributed by atoms with E-state index in [9.17, 15) is 14.4 Å². The smallest absolute Gasteiger partial charge is 0.299 e. The Morgan fingerprint density at radius 2 is 1.81 bits per heavy atom. The van der Waals surface area contributed by atoms with Crippen molar-refractivity contribution in [2.45, 2.75) is 27.7 Å². The maximum atomic E-state index is 12.1. The van der Waals surface area contributed by atoms with Crippen molar-refractivity contribution in [3.05, 3.63) is 28.8 Å². The number of hydrogen-bond acceptors (Lipinski definition) is 3. The average Bonchev–Trinajstić information content (AvgIpc) is 2.67. The van der Waals surface area contributed by atoms with Crippen LogP contribution in [0.1, 0.15) is 35.3 Å². The molecule has 1 aromatic carbocycles. The SMILES string of the molecule is Cc1ccc(C)c2c1C(=O)C(=O)N2CC(=O)NCC(C)C. The number of benzene rings is 1. The zero-order valence-corrected chi connectivity index (χ0v) is 12.8. The van der Waals surface area contributed by atoms with Gasteiger partial charge in [0.05, 0.1) is 11.3 Å². The number of ketones is 1. The number of carbonyl (C=O) groups excluding carboxylic acids is 3. The van der Waals surface area contributed by atoms with Gasteiger partial charge in [0.25, 0.3) is 11.7 Å². The van der Waals surface area contributed by atoms with Crippen LogP contribution in [0.15, 0.2) is 12.1 Å². The summed E-state index contributed by atoms with van der Waals surface area (Å²) in [5, 5.41) is 2.77. The average molecular weight is 288 g/mol. The third-order valence-corrected chi connectivity index (χ3v) is 3.53. The molecule has 1 aromatic rings. The van der Waals surface area contributed by atoms with Crippen LogP contribution in [-0.4, -0.2) is 30.7 Å². The first-order valence-electron chi connectivity index (χ1n) is 7.06. The molecule has 0 spiro atoms. The Bertz CT molecular complexity index is 620. The number of amides is 2. The zero-order chi connectivity index (χ0) is 15.7. The van der Waals surface area contributed by atoms with Crippen molar-refractivity contribution in [1.82, 2.24) is 5.32 Å². The van der Waals surface area contributed by atoms with Gasteiger partial charge in [0.2, 0.25) is 5.91 Å². The summed E-state index contributed by atoms with van der Waals surface area (Å²) in [6, 6.07) is 3.68. The zero-order valence-electron chi connectivity index (χ0n) is 12.8. The predicted octanol–water partition coefficient (Wildman–Crippen LogP) is 1.60. The van der Waals surface area contributed by atoms with Gasteiger partial charge in [-0.15, -0.1) is 0 Å². The van der Waals surface area contributed by atoms with Crippen LogP contribution >= 0.6 is 0 Å². The van der Waals surface area contributed by atoms with E-state index in [4.69, 9.17) is 0 Å². The van der Waals surface area contributed by atoms with Crippen LogP contribution in [0.4, 0.5) is 5.69 Å². The Balaban J connectivity index is 2.27. The summed E-state index contributed by atoms with van der Waals surface area (Å²) in [6.07, 6.45) is 0. The first-order chi connectivity index (χ1) is 9.82. The highest BCUT2D eigenvalue weighted by Crippen LogP contribution is 2.34. The molecule has 0 saturated heterocycles. The minimum Gasteiger partial charge on any atom is -0.354 e. The van der Waals surface area contributed by atoms with E-state index in [1.165, 1.54) is 4.90 Å². The molecule has 5 heteroatoms. The number of aryl methyl sites for hydroxylation is 2. The Labute approximate surface area is 124 Å². The van der Waals surface area contributed by atoms with E-state index in [0.29, 0.717) is 23.7 Å². The van der Waals surface area contributed by atoms with E-state index in [0.717, 1.165) is 11.1 Å². The van der Waals surface area contributed by atoms with Crippen LogP contribution in [0.3, 0.4) is 0 Å². The minimum absolute atomic E-state index is 0.116. The van der Waals surface area contributed by atoms with Crippen molar-refractivity contribution in [1.29, 1.82) is 0 Å². The largest absolute Gasteiger partial charge is 0.354 e. The van der Waals surface area contributed by atoms with Gasteiger partial charge in [-0.25, -0.2) is 0 Å². The lowest BCUT2D eigenvalue weighted by molar-refractivity contribution is -0.122. The maximum Gasteiger partial charge on any atom is 0.299 e. The van der Waals surface area contributed by atoms with E-state index in [2.05, 4.69) is 5.32 Å². The summed E-state index contributed by atoms with van der Waals surface area (Å²) >= 11 is 0. The molecular weight excluding hydrogens is 268 g/mol. The molecule has 1 N–H and O–H groups in total. The highest BCUT2D eigenvalue weighted by molar-refractivity contribution is 6.53. The summed E-state index contributed by atoms with van der Waals surface area (Å²) in [5.74, 6) is -1.07. The maximum absolute atomic E-state index is 12.1. The van der Waals surface area contributed by atoms with Gasteiger partial charge in [0, 0.05) is 6.54 Å². The van der Waals surface area contributed by atoms with Crippen molar-refractivity contribution in [3.63, 3.8) is 0 Å². The van der Waals surface area contributed by atoms with Gasteiger partial charge in [0.1, 0.15) is 6.54 Å². The number of hydrogen-bond donors (Lipinski definition) is 1. The molecule has 0 aromatic heterocycles. The molecule has 0 bridgehead atoms. The minimum atomic E-state index is -0.623. The van der Waals surface area contributed by atoms with Crippen LogP contribution in [0.5, 0.6) is 0 Å². The lowest BCUT2D eigenvalue weighted by Gasteiger charge is -2.18. The lowest BCUT2D eigenvalue weighted by Crippen LogP contribution is -2.41. The monoisotopic (exact) mass is 288 g/mol. The second-order valence-corrected chi connectivity index (χ2v) is 5.84. The molecule has 2 rings (SSSR count). The highest BCUT2D eigenvalue weighted by Gasteiger charge is 2.38. The summed E-state index contributed by atoms with van der Waals surface area (Å²) in [7, 11) is 0. The molecule has 21 heavy (non-hydrogen) atoms. The Kier molecular flexibility index (Phi) is 4.11. The van der Waals surface area contributed by atoms with Crippen LogP contribution in [0.2, 0.25) is 0 Å². The Hall–Kier alpha value is -2.17. The first-order valence-corrected chi connectivity index (χ1v) is 7.06. The topological polar surface area (TPSA) is 66.5 Å². The Morgan fingerprint density at radius 1 is 1.19 bits per heavy atom. The van der Waals surface area contributed by atoms with Gasteiger partial charge in [-0.05, 0) is 30.9 Å². The number of Topliss-reactive ketones (excluding diaryl/α,β-unsaturated/α-hetero) is 1. The molecule has 1 aliphatic rings. The van der Waals surface area contributed by atoms with Crippen molar-refractivity contribution >= 4 is 23.3 Å². The van der Waals surface area contributed by atoms with Gasteiger partial charge in [-0.1, -0.05) is 26.0 Å². The van der Waals surface area contributed by atoms with Gasteiger partial charge in [-0.2, -0.15) is 0 Å². The highest BCUT2D eigenvalue weighted by atomic mass is 16.2. The molecule has 0 unspecified atom stereocenters. The van der Waals surface area contributed by atoms with Crippen molar-refractivity contribution < 1.29 is 14.4 Å². The second-order valence-electron chi connectivity index (χ2n) is 5.84. The summed E-state index contributed by atoms with van der Waals surface area (Å²) in [5.41, 5.74) is 2.59. The summed E-state index contributed by atoms with van der Waals surface area (Å²) in [6.45, 7) is 8.05. The van der Waals surface area contributed by atoms with Gasteiger partial charge in [-0.3, -0.25) is 19.3 Å². The number of anilines is 1. The first kappa shape index (κ1) is 15.2. The lowest BCUT2D eigenvalue weighted by atomic mass is 10.0. The molecule has 1 heterocycles. The summed E-state index contributed by atoms with van der Waals surface area (Å²) in [4.78, 5) is 37.5.